The van der Waals surface area contributed by atoms with Crippen LogP contribution in [0.1, 0.15) is 19.8 Å². The zero-order valence-electron chi connectivity index (χ0n) is 19.2. The largest absolute Gasteiger partial charge is 0.573 e. The third kappa shape index (κ3) is 6.86. The molecule has 36 heavy (non-hydrogen) atoms. The molecule has 4 unspecified atom stereocenters. The van der Waals surface area contributed by atoms with Crippen molar-refractivity contribution in [3.63, 3.8) is 0 Å². The molecule has 1 aliphatic carbocycles. The van der Waals surface area contributed by atoms with Gasteiger partial charge in [-0.3, -0.25) is 4.68 Å². The molecule has 0 bridgehead atoms. The third-order valence-corrected chi connectivity index (χ3v) is 7.05. The van der Waals surface area contributed by atoms with Crippen molar-refractivity contribution < 1.29 is 27.9 Å². The summed E-state index contributed by atoms with van der Waals surface area (Å²) >= 11 is 1.49. The molecule has 4 atom stereocenters. The molecule has 4 rings (SSSR count). The summed E-state index contributed by atoms with van der Waals surface area (Å²) < 4.78 is 49.0. The monoisotopic (exact) mass is 526 g/mol. The Bertz CT molecular complexity index is 1100. The van der Waals surface area contributed by atoms with Crippen LogP contribution in [0.3, 0.4) is 0 Å². The van der Waals surface area contributed by atoms with Crippen LogP contribution in [0.4, 0.5) is 13.2 Å². The fraction of sp³-hybridized carbons (Fsp3) is 0.524. The van der Waals surface area contributed by atoms with Gasteiger partial charge in [0.25, 0.3) is 0 Å². The number of aromatic nitrogens is 7. The Kier molecular flexibility index (Phi) is 8.28. The maximum absolute atomic E-state index is 12.5. The summed E-state index contributed by atoms with van der Waals surface area (Å²) in [7, 11) is 0. The zero-order chi connectivity index (χ0) is 25.5. The van der Waals surface area contributed by atoms with Crippen LogP contribution >= 0.6 is 11.8 Å². The predicted molar refractivity (Wildman–Crippen MR) is 122 cm³/mol. The number of thioether (sulfide) groups is 1. The summed E-state index contributed by atoms with van der Waals surface area (Å²) in [5, 5.41) is 32.2. The number of hydrogen-bond donors (Lipinski definition) is 2. The van der Waals surface area contributed by atoms with Crippen LogP contribution in [0.15, 0.2) is 47.2 Å². The van der Waals surface area contributed by atoms with Gasteiger partial charge in [0.05, 0.1) is 18.9 Å². The highest BCUT2D eigenvalue weighted by atomic mass is 32.2. The number of ether oxygens (including phenoxy) is 2. The molecular weight excluding hydrogens is 501 g/mol. The van der Waals surface area contributed by atoms with Crippen LogP contribution in [-0.2, 0) is 6.54 Å². The Morgan fingerprint density at radius 1 is 1.25 bits per heavy atom. The summed E-state index contributed by atoms with van der Waals surface area (Å²) in [6.45, 7) is 2.74. The fourth-order valence-corrected chi connectivity index (χ4v) is 5.43. The third-order valence-electron chi connectivity index (χ3n) is 6.17. The second-order valence-electron chi connectivity index (χ2n) is 8.47. The number of alkyl halides is 3. The van der Waals surface area contributed by atoms with Gasteiger partial charge in [0, 0.05) is 17.6 Å². The molecule has 1 aliphatic rings. The van der Waals surface area contributed by atoms with Gasteiger partial charge >= 0.3 is 6.36 Å². The molecule has 3 aromatic rings. The number of nitrogens with zero attached hydrogens (tertiary/aromatic N) is 7. The van der Waals surface area contributed by atoms with Crippen LogP contribution < -0.4 is 9.47 Å². The summed E-state index contributed by atoms with van der Waals surface area (Å²) in [6.07, 6.45) is -0.110. The molecule has 11 nitrogen and oxygen atoms in total. The highest BCUT2D eigenvalue weighted by Gasteiger charge is 2.42. The van der Waals surface area contributed by atoms with E-state index in [9.17, 15) is 18.4 Å². The lowest BCUT2D eigenvalue weighted by Gasteiger charge is -2.41. The van der Waals surface area contributed by atoms with Crippen LogP contribution in [0, 0.1) is 23.7 Å². The molecule has 194 valence electrons. The smallest absolute Gasteiger partial charge is 0.493 e. The average molecular weight is 527 g/mol. The van der Waals surface area contributed by atoms with Gasteiger partial charge < -0.3 is 14.7 Å². The van der Waals surface area contributed by atoms with Crippen molar-refractivity contribution in [1.82, 2.24) is 35.4 Å². The van der Waals surface area contributed by atoms with Gasteiger partial charge in [-0.15, -0.1) is 23.4 Å². The van der Waals surface area contributed by atoms with E-state index in [1.54, 1.807) is 11.0 Å². The lowest BCUT2D eigenvalue weighted by atomic mass is 9.66. The lowest BCUT2D eigenvalue weighted by Crippen LogP contribution is -2.45. The van der Waals surface area contributed by atoms with Gasteiger partial charge in [-0.1, -0.05) is 23.8 Å². The first-order valence-corrected chi connectivity index (χ1v) is 12.2. The van der Waals surface area contributed by atoms with Crippen molar-refractivity contribution in [1.29, 1.82) is 0 Å². The van der Waals surface area contributed by atoms with E-state index in [1.807, 2.05) is 6.92 Å². The van der Waals surface area contributed by atoms with E-state index < -0.39 is 6.36 Å². The molecule has 2 heterocycles. The molecule has 1 fully saturated rings. The first-order valence-electron chi connectivity index (χ1n) is 11.2. The molecule has 1 saturated carbocycles. The number of rotatable bonds is 10. The van der Waals surface area contributed by atoms with Crippen molar-refractivity contribution in [2.24, 2.45) is 28.8 Å². The van der Waals surface area contributed by atoms with Gasteiger partial charge in [0.15, 0.2) is 0 Å². The van der Waals surface area contributed by atoms with Crippen LogP contribution in [0.2, 0.25) is 0 Å². The van der Waals surface area contributed by atoms with E-state index in [0.717, 1.165) is 18.6 Å². The molecule has 0 saturated heterocycles. The molecule has 1 aromatic carbocycles. The standard InChI is InChI=1S/C21H25F3N8O3S/c1-13-8-14(6-7-36-20-27-30-31-28-20)18(17(19(13)29-33)9-32-12-25-11-26-32)10-34-15-2-4-16(5-3-15)35-21(22,23)24/h2-5,11-14,17-18,33H,6-10H2,1H3,(H,27,28,30,31). The minimum atomic E-state index is -4.76. The van der Waals surface area contributed by atoms with Crippen molar-refractivity contribution >= 4 is 17.5 Å². The van der Waals surface area contributed by atoms with Gasteiger partial charge in [-0.2, -0.15) is 10.3 Å². The van der Waals surface area contributed by atoms with Gasteiger partial charge in [0.2, 0.25) is 5.16 Å². The Hall–Kier alpha value is -3.36. The minimum Gasteiger partial charge on any atom is -0.493 e. The van der Waals surface area contributed by atoms with Crippen LogP contribution in [0.25, 0.3) is 0 Å². The highest BCUT2D eigenvalue weighted by Crippen LogP contribution is 2.40. The number of H-pyrrole nitrogens is 1. The summed E-state index contributed by atoms with van der Waals surface area (Å²) in [5.41, 5.74) is 0.662. The number of oxime groups is 1. The highest BCUT2D eigenvalue weighted by molar-refractivity contribution is 7.99. The summed E-state index contributed by atoms with van der Waals surface area (Å²) in [4.78, 5) is 4.01. The first kappa shape index (κ1) is 25.7. The Labute approximate surface area is 208 Å². The van der Waals surface area contributed by atoms with Crippen LogP contribution in [-0.4, -0.2) is 65.0 Å². The summed E-state index contributed by atoms with van der Waals surface area (Å²) in [6, 6.07) is 5.28. The van der Waals surface area contributed by atoms with Gasteiger partial charge in [0.1, 0.15) is 24.2 Å². The van der Waals surface area contributed by atoms with E-state index in [1.165, 1.54) is 42.4 Å². The van der Waals surface area contributed by atoms with Crippen molar-refractivity contribution in [2.45, 2.75) is 37.8 Å². The van der Waals surface area contributed by atoms with Crippen molar-refractivity contribution in [3.8, 4) is 11.5 Å². The fourth-order valence-electron chi connectivity index (χ4n) is 4.62. The summed E-state index contributed by atoms with van der Waals surface area (Å²) in [5.74, 6) is 0.826. The topological polar surface area (TPSA) is 136 Å². The predicted octanol–water partition coefficient (Wildman–Crippen LogP) is 3.67. The number of halogens is 3. The van der Waals surface area contributed by atoms with E-state index >= 15 is 0 Å². The van der Waals surface area contributed by atoms with Crippen molar-refractivity contribution in [3.05, 3.63) is 36.9 Å². The van der Waals surface area contributed by atoms with E-state index in [2.05, 4.69) is 40.6 Å². The van der Waals surface area contributed by atoms with E-state index in [0.29, 0.717) is 23.2 Å². The number of tetrazole rings is 1. The molecule has 0 spiro atoms. The van der Waals surface area contributed by atoms with Gasteiger partial charge in [-0.25, -0.2) is 4.98 Å². The molecule has 2 aromatic heterocycles. The number of benzene rings is 1. The molecular formula is C21H25F3N8O3S. The molecule has 15 heteroatoms. The SMILES string of the molecule is CC1CC(CCSc2nn[nH]n2)C(COc2ccc(OC(F)(F)F)cc2)C(Cn2cncn2)C1=NO. The maximum Gasteiger partial charge on any atom is 0.573 e. The lowest BCUT2D eigenvalue weighted by molar-refractivity contribution is -0.274. The second-order valence-corrected chi connectivity index (χ2v) is 9.53. The second kappa shape index (κ2) is 11.6. The molecule has 0 radical (unpaired) electrons. The van der Waals surface area contributed by atoms with Crippen LogP contribution in [0.5, 0.6) is 11.5 Å². The molecule has 0 aliphatic heterocycles. The van der Waals surface area contributed by atoms with Crippen molar-refractivity contribution in [2.75, 3.05) is 12.4 Å². The van der Waals surface area contributed by atoms with E-state index in [-0.39, 0.29) is 36.0 Å². The molecule has 0 amide bonds. The zero-order valence-corrected chi connectivity index (χ0v) is 20.1. The number of aromatic amines is 1. The normalized spacial score (nSPS) is 23.6. The number of hydrogen-bond acceptors (Lipinski definition) is 10. The Morgan fingerprint density at radius 2 is 2.03 bits per heavy atom. The Morgan fingerprint density at radius 3 is 2.67 bits per heavy atom. The number of nitrogens with one attached hydrogen (secondary N) is 1. The maximum atomic E-state index is 12.5. The average Bonchev–Trinajstić information content (AvgIpc) is 3.53. The minimum absolute atomic E-state index is 0.0405. The quantitative estimate of drug-likeness (QED) is 0.230. The van der Waals surface area contributed by atoms with E-state index in [4.69, 9.17) is 4.74 Å². The first-order chi connectivity index (χ1) is 17.3. The Balaban J connectivity index is 1.50. The van der Waals surface area contributed by atoms with Gasteiger partial charge in [-0.05, 0) is 54.2 Å². The molecule has 2 N–H and O–H groups in total.